The summed E-state index contributed by atoms with van der Waals surface area (Å²) < 4.78 is 23.9. The average molecular weight is 308 g/mol. The number of aromatic nitrogens is 2. The Kier molecular flexibility index (Phi) is 4.10. The Balaban J connectivity index is 2.03. The lowest BCUT2D eigenvalue weighted by atomic mass is 10.2. The quantitative estimate of drug-likeness (QED) is 0.847. The van der Waals surface area contributed by atoms with Crippen LogP contribution in [-0.2, 0) is 23.6 Å². The molecule has 0 radical (unpaired) electrons. The van der Waals surface area contributed by atoms with Gasteiger partial charge in [0.1, 0.15) is 0 Å². The summed E-state index contributed by atoms with van der Waals surface area (Å²) in [6, 6.07) is 6.03. The minimum absolute atomic E-state index is 0.0423. The molecule has 2 aromatic rings. The predicted molar refractivity (Wildman–Crippen MR) is 76.9 cm³/mol. The number of carbonyl (C=O) groups excluding carboxylic acids is 1. The molecule has 0 aliphatic heterocycles. The summed E-state index contributed by atoms with van der Waals surface area (Å²) in [6.45, 7) is 2.10. The van der Waals surface area contributed by atoms with E-state index in [1.165, 1.54) is 18.3 Å². The van der Waals surface area contributed by atoms with Crippen molar-refractivity contribution in [3.05, 3.63) is 47.3 Å². The molecule has 1 aromatic carbocycles. The van der Waals surface area contributed by atoms with E-state index in [9.17, 15) is 13.2 Å². The molecule has 2 rings (SSSR count). The maximum absolute atomic E-state index is 12.0. The van der Waals surface area contributed by atoms with Gasteiger partial charge in [0, 0.05) is 19.3 Å². The van der Waals surface area contributed by atoms with E-state index in [0.29, 0.717) is 5.56 Å². The van der Waals surface area contributed by atoms with Crippen molar-refractivity contribution >= 4 is 15.9 Å². The fourth-order valence-electron chi connectivity index (χ4n) is 1.80. The SMILES string of the molecule is Cc1c(C(=O)NCc2ccc(S(N)(=O)=O)cc2)cnn1C. The zero-order valence-electron chi connectivity index (χ0n) is 11.7. The standard InChI is InChI=1S/C13H16N4O3S/c1-9-12(8-16-17(9)2)13(18)15-7-10-3-5-11(6-4-10)21(14,19)20/h3-6,8H,7H2,1-2H3,(H,15,18)(H2,14,19,20). The van der Waals surface area contributed by atoms with Crippen molar-refractivity contribution in [2.24, 2.45) is 12.2 Å². The van der Waals surface area contributed by atoms with Crippen LogP contribution in [0.25, 0.3) is 0 Å². The van der Waals surface area contributed by atoms with E-state index in [1.54, 1.807) is 23.9 Å². The Morgan fingerprint density at radius 2 is 1.95 bits per heavy atom. The average Bonchev–Trinajstić information content (AvgIpc) is 2.76. The maximum atomic E-state index is 12.0. The van der Waals surface area contributed by atoms with Crippen LogP contribution >= 0.6 is 0 Å². The molecular formula is C13H16N4O3S. The Labute approximate surface area is 122 Å². The number of amides is 1. The summed E-state index contributed by atoms with van der Waals surface area (Å²) in [6.07, 6.45) is 1.51. The van der Waals surface area contributed by atoms with Crippen molar-refractivity contribution in [3.63, 3.8) is 0 Å². The highest BCUT2D eigenvalue weighted by Gasteiger charge is 2.12. The van der Waals surface area contributed by atoms with Crippen LogP contribution in [0.1, 0.15) is 21.6 Å². The molecule has 0 unspecified atom stereocenters. The summed E-state index contributed by atoms with van der Waals surface area (Å²) in [5, 5.41) is 11.8. The zero-order chi connectivity index (χ0) is 15.6. The number of primary sulfonamides is 1. The number of hydrogen-bond donors (Lipinski definition) is 2. The third-order valence-corrected chi connectivity index (χ3v) is 4.11. The molecule has 0 bridgehead atoms. The number of nitrogens with two attached hydrogens (primary N) is 1. The number of hydrogen-bond acceptors (Lipinski definition) is 4. The molecule has 7 nitrogen and oxygen atoms in total. The van der Waals surface area contributed by atoms with Gasteiger partial charge in [-0.15, -0.1) is 0 Å². The molecule has 0 atom stereocenters. The second-order valence-electron chi connectivity index (χ2n) is 4.64. The molecular weight excluding hydrogens is 292 g/mol. The van der Waals surface area contributed by atoms with E-state index >= 15 is 0 Å². The number of nitrogens with one attached hydrogen (secondary N) is 1. The molecule has 112 valence electrons. The molecule has 0 fully saturated rings. The van der Waals surface area contributed by atoms with Gasteiger partial charge in [-0.3, -0.25) is 9.48 Å². The van der Waals surface area contributed by atoms with Gasteiger partial charge in [0.2, 0.25) is 10.0 Å². The van der Waals surface area contributed by atoms with E-state index in [-0.39, 0.29) is 17.3 Å². The van der Waals surface area contributed by atoms with Gasteiger partial charge < -0.3 is 5.32 Å². The minimum atomic E-state index is -3.70. The first-order valence-electron chi connectivity index (χ1n) is 6.17. The van der Waals surface area contributed by atoms with Gasteiger partial charge in [-0.2, -0.15) is 5.10 Å². The molecule has 1 heterocycles. The van der Waals surface area contributed by atoms with Crippen LogP contribution in [0.4, 0.5) is 0 Å². The maximum Gasteiger partial charge on any atom is 0.255 e. The number of carbonyl (C=O) groups is 1. The molecule has 8 heteroatoms. The number of benzene rings is 1. The second kappa shape index (κ2) is 5.66. The number of nitrogens with zero attached hydrogens (tertiary/aromatic N) is 2. The van der Waals surface area contributed by atoms with Gasteiger partial charge in [0.05, 0.1) is 16.7 Å². The molecule has 21 heavy (non-hydrogen) atoms. The van der Waals surface area contributed by atoms with Crippen molar-refractivity contribution < 1.29 is 13.2 Å². The van der Waals surface area contributed by atoms with Crippen LogP contribution in [0, 0.1) is 6.92 Å². The van der Waals surface area contributed by atoms with Crippen molar-refractivity contribution in [1.82, 2.24) is 15.1 Å². The molecule has 0 aliphatic rings. The Morgan fingerprint density at radius 1 is 1.33 bits per heavy atom. The second-order valence-corrected chi connectivity index (χ2v) is 6.20. The third-order valence-electron chi connectivity index (χ3n) is 3.18. The molecule has 0 saturated heterocycles. The van der Waals surface area contributed by atoms with E-state index in [4.69, 9.17) is 5.14 Å². The Bertz CT molecular complexity index is 763. The van der Waals surface area contributed by atoms with Gasteiger partial charge in [-0.1, -0.05) is 12.1 Å². The summed E-state index contributed by atoms with van der Waals surface area (Å²) in [5.41, 5.74) is 2.06. The van der Waals surface area contributed by atoms with Gasteiger partial charge in [-0.05, 0) is 24.6 Å². The molecule has 3 N–H and O–H groups in total. The summed E-state index contributed by atoms with van der Waals surface area (Å²) in [4.78, 5) is 12.0. The minimum Gasteiger partial charge on any atom is -0.348 e. The predicted octanol–water partition coefficient (Wildman–Crippen LogP) is 0.306. The first-order chi connectivity index (χ1) is 9.79. The van der Waals surface area contributed by atoms with Crippen LogP contribution in [0.3, 0.4) is 0 Å². The molecule has 1 amide bonds. The summed E-state index contributed by atoms with van der Waals surface area (Å²) in [5.74, 6) is -0.226. The topological polar surface area (TPSA) is 107 Å². The lowest BCUT2D eigenvalue weighted by Crippen LogP contribution is -2.23. The van der Waals surface area contributed by atoms with Crippen molar-refractivity contribution in [2.75, 3.05) is 0 Å². The lowest BCUT2D eigenvalue weighted by Gasteiger charge is -2.06. The zero-order valence-corrected chi connectivity index (χ0v) is 12.5. The van der Waals surface area contributed by atoms with Crippen LogP contribution < -0.4 is 10.5 Å². The summed E-state index contributed by atoms with van der Waals surface area (Å²) >= 11 is 0. The fraction of sp³-hybridized carbons (Fsp3) is 0.231. The van der Waals surface area contributed by atoms with Crippen molar-refractivity contribution in [2.45, 2.75) is 18.4 Å². The Hall–Kier alpha value is -2.19. The van der Waals surface area contributed by atoms with Crippen molar-refractivity contribution in [3.8, 4) is 0 Å². The highest BCUT2D eigenvalue weighted by atomic mass is 32.2. The van der Waals surface area contributed by atoms with Crippen LogP contribution in [-0.4, -0.2) is 24.1 Å². The number of sulfonamides is 1. The van der Waals surface area contributed by atoms with Gasteiger partial charge in [0.25, 0.3) is 5.91 Å². The molecule has 0 spiro atoms. The van der Waals surface area contributed by atoms with Crippen LogP contribution in [0.5, 0.6) is 0 Å². The first-order valence-corrected chi connectivity index (χ1v) is 7.72. The van der Waals surface area contributed by atoms with E-state index in [1.807, 2.05) is 6.92 Å². The normalized spacial score (nSPS) is 11.4. The van der Waals surface area contributed by atoms with Gasteiger partial charge in [-0.25, -0.2) is 13.6 Å². The first kappa shape index (κ1) is 15.2. The molecule has 0 saturated carbocycles. The largest absolute Gasteiger partial charge is 0.348 e. The molecule has 1 aromatic heterocycles. The monoisotopic (exact) mass is 308 g/mol. The van der Waals surface area contributed by atoms with Crippen LogP contribution in [0.2, 0.25) is 0 Å². The summed E-state index contributed by atoms with van der Waals surface area (Å²) in [7, 11) is -1.93. The smallest absolute Gasteiger partial charge is 0.255 e. The van der Waals surface area contributed by atoms with Crippen LogP contribution in [0.15, 0.2) is 35.4 Å². The molecule has 0 aliphatic carbocycles. The highest BCUT2D eigenvalue weighted by Crippen LogP contribution is 2.09. The van der Waals surface area contributed by atoms with E-state index in [0.717, 1.165) is 11.3 Å². The van der Waals surface area contributed by atoms with Gasteiger partial charge >= 0.3 is 0 Å². The van der Waals surface area contributed by atoms with Crippen molar-refractivity contribution in [1.29, 1.82) is 0 Å². The number of aryl methyl sites for hydroxylation is 1. The lowest BCUT2D eigenvalue weighted by molar-refractivity contribution is 0.0950. The number of rotatable bonds is 4. The third kappa shape index (κ3) is 3.47. The fourth-order valence-corrected chi connectivity index (χ4v) is 2.31. The van der Waals surface area contributed by atoms with E-state index in [2.05, 4.69) is 10.4 Å². The Morgan fingerprint density at radius 3 is 2.43 bits per heavy atom. The van der Waals surface area contributed by atoms with E-state index < -0.39 is 10.0 Å². The van der Waals surface area contributed by atoms with Gasteiger partial charge in [0.15, 0.2) is 0 Å². The highest BCUT2D eigenvalue weighted by molar-refractivity contribution is 7.89.